The minimum atomic E-state index is -0.538. The molecule has 0 aromatic heterocycles. The third-order valence-corrected chi connectivity index (χ3v) is 4.05. The molecule has 0 aromatic carbocycles. The average Bonchev–Trinajstić information content (AvgIpc) is 2.20. The number of rotatable bonds is 6. The first-order valence-corrected chi connectivity index (χ1v) is 7.45. The Bertz CT molecular complexity index is 187. The molecule has 1 rings (SSSR count). The van der Waals surface area contributed by atoms with Gasteiger partial charge in [-0.15, -0.1) is 0 Å². The van der Waals surface area contributed by atoms with E-state index < -0.39 is 10.8 Å². The second kappa shape index (κ2) is 7.36. The lowest BCUT2D eigenvalue weighted by Crippen LogP contribution is -2.41. The van der Waals surface area contributed by atoms with Crippen LogP contribution in [0.15, 0.2) is 0 Å². The van der Waals surface area contributed by atoms with Crippen molar-refractivity contribution < 1.29 is 4.21 Å². The van der Waals surface area contributed by atoms with Gasteiger partial charge >= 0.3 is 0 Å². The summed E-state index contributed by atoms with van der Waals surface area (Å²) in [4.78, 5) is 2.41. The Morgan fingerprint density at radius 3 is 2.53 bits per heavy atom. The van der Waals surface area contributed by atoms with Crippen molar-refractivity contribution in [2.75, 3.05) is 44.2 Å². The molecule has 90 valence electrons. The highest BCUT2D eigenvalue weighted by atomic mass is 32.2. The van der Waals surface area contributed by atoms with Crippen molar-refractivity contribution in [1.82, 2.24) is 10.2 Å². The zero-order chi connectivity index (χ0) is 11.1. The molecule has 1 N–H and O–H groups in total. The van der Waals surface area contributed by atoms with E-state index in [1.165, 1.54) is 6.42 Å². The number of hydrogen-bond acceptors (Lipinski definition) is 3. The first-order valence-electron chi connectivity index (χ1n) is 5.96. The van der Waals surface area contributed by atoms with Crippen LogP contribution in [-0.4, -0.2) is 53.3 Å². The second-order valence-electron chi connectivity index (χ2n) is 4.62. The van der Waals surface area contributed by atoms with E-state index in [1.54, 1.807) is 0 Å². The minimum absolute atomic E-state index is 0.538. The topological polar surface area (TPSA) is 32.3 Å². The van der Waals surface area contributed by atoms with Gasteiger partial charge < -0.3 is 10.2 Å². The molecule has 0 spiro atoms. The van der Waals surface area contributed by atoms with E-state index in [9.17, 15) is 4.21 Å². The Balaban J connectivity index is 1.94. The Kier molecular flexibility index (Phi) is 6.45. The maximum Gasteiger partial charge on any atom is 0.0363 e. The lowest BCUT2D eigenvalue weighted by molar-refractivity contribution is 0.297. The molecule has 0 radical (unpaired) electrons. The van der Waals surface area contributed by atoms with Gasteiger partial charge in [0, 0.05) is 48.5 Å². The van der Waals surface area contributed by atoms with Crippen LogP contribution in [-0.2, 0) is 10.8 Å². The van der Waals surface area contributed by atoms with Gasteiger partial charge in [-0.25, -0.2) is 0 Å². The van der Waals surface area contributed by atoms with Gasteiger partial charge in [-0.3, -0.25) is 4.21 Å². The van der Waals surface area contributed by atoms with Gasteiger partial charge in [-0.1, -0.05) is 13.8 Å². The monoisotopic (exact) mass is 232 g/mol. The zero-order valence-electron chi connectivity index (χ0n) is 10.00. The average molecular weight is 232 g/mol. The molecule has 0 bridgehead atoms. The van der Waals surface area contributed by atoms with Crippen LogP contribution >= 0.6 is 0 Å². The smallest absolute Gasteiger partial charge is 0.0363 e. The number of nitrogens with zero attached hydrogens (tertiary/aromatic N) is 1. The highest BCUT2D eigenvalue weighted by Crippen LogP contribution is 1.99. The van der Waals surface area contributed by atoms with Gasteiger partial charge in [0.1, 0.15) is 0 Å². The van der Waals surface area contributed by atoms with Crippen molar-refractivity contribution in [2.45, 2.75) is 20.3 Å². The minimum Gasteiger partial charge on any atom is -0.315 e. The molecule has 0 saturated carbocycles. The van der Waals surface area contributed by atoms with Gasteiger partial charge in [-0.2, -0.15) is 0 Å². The predicted octanol–water partition coefficient (Wildman–Crippen LogP) is 0.686. The van der Waals surface area contributed by atoms with Crippen LogP contribution < -0.4 is 5.32 Å². The highest BCUT2D eigenvalue weighted by molar-refractivity contribution is 7.85. The predicted molar refractivity (Wildman–Crippen MR) is 66.6 cm³/mol. The van der Waals surface area contributed by atoms with Gasteiger partial charge in [0.25, 0.3) is 0 Å². The molecular weight excluding hydrogens is 208 g/mol. The van der Waals surface area contributed by atoms with Crippen molar-refractivity contribution in [3.05, 3.63) is 0 Å². The van der Waals surface area contributed by atoms with Crippen LogP contribution in [0.5, 0.6) is 0 Å². The van der Waals surface area contributed by atoms with E-state index in [0.29, 0.717) is 0 Å². The fraction of sp³-hybridized carbons (Fsp3) is 1.00. The van der Waals surface area contributed by atoms with Crippen LogP contribution in [0.25, 0.3) is 0 Å². The fourth-order valence-electron chi connectivity index (χ4n) is 1.65. The largest absolute Gasteiger partial charge is 0.315 e. The lowest BCUT2D eigenvalue weighted by atomic mass is 10.1. The molecule has 0 atom stereocenters. The third-order valence-electron chi connectivity index (χ3n) is 2.77. The molecular formula is C11H24N2OS. The first-order chi connectivity index (χ1) is 7.18. The first kappa shape index (κ1) is 13.1. The molecule has 0 amide bonds. The van der Waals surface area contributed by atoms with Crippen LogP contribution in [0.2, 0.25) is 0 Å². The summed E-state index contributed by atoms with van der Waals surface area (Å²) in [5.41, 5.74) is 0. The second-order valence-corrected chi connectivity index (χ2v) is 6.32. The van der Waals surface area contributed by atoms with Crippen molar-refractivity contribution >= 4 is 10.8 Å². The highest BCUT2D eigenvalue weighted by Gasteiger charge is 2.13. The Morgan fingerprint density at radius 2 is 1.93 bits per heavy atom. The van der Waals surface area contributed by atoms with Gasteiger partial charge in [0.2, 0.25) is 0 Å². The summed E-state index contributed by atoms with van der Waals surface area (Å²) in [6.07, 6.45) is 1.25. The quantitative estimate of drug-likeness (QED) is 0.684. The fourth-order valence-corrected chi connectivity index (χ4v) is 2.78. The summed E-state index contributed by atoms with van der Waals surface area (Å²) in [5, 5.41) is 3.46. The number of hydrogen-bond donors (Lipinski definition) is 1. The van der Waals surface area contributed by atoms with Crippen molar-refractivity contribution in [3.63, 3.8) is 0 Å². The maximum atomic E-state index is 11.1. The van der Waals surface area contributed by atoms with Gasteiger partial charge in [0.15, 0.2) is 0 Å². The summed E-state index contributed by atoms with van der Waals surface area (Å²) in [6.45, 7) is 9.83. The van der Waals surface area contributed by atoms with E-state index in [1.807, 2.05) is 0 Å². The molecule has 3 nitrogen and oxygen atoms in total. The Labute approximate surface area is 96.1 Å². The molecule has 1 fully saturated rings. The maximum absolute atomic E-state index is 11.1. The van der Waals surface area contributed by atoms with Crippen molar-refractivity contribution in [2.24, 2.45) is 5.92 Å². The van der Waals surface area contributed by atoms with E-state index in [-0.39, 0.29) is 0 Å². The lowest BCUT2D eigenvalue weighted by Gasteiger charge is -2.26. The van der Waals surface area contributed by atoms with Gasteiger partial charge in [-0.05, 0) is 18.9 Å². The normalized spacial score (nSPS) is 19.9. The summed E-state index contributed by atoms with van der Waals surface area (Å²) in [7, 11) is -0.538. The Hall–Kier alpha value is 0.0700. The third kappa shape index (κ3) is 6.28. The summed E-state index contributed by atoms with van der Waals surface area (Å²) in [6, 6.07) is 0. The standard InChI is InChI=1S/C11H24N2OS/c1-11(2)3-4-12-5-6-13-7-9-15(14)10-8-13/h11-12H,3-10H2,1-2H3. The van der Waals surface area contributed by atoms with Crippen molar-refractivity contribution in [3.8, 4) is 0 Å². The van der Waals surface area contributed by atoms with E-state index >= 15 is 0 Å². The molecule has 1 saturated heterocycles. The molecule has 1 aliphatic heterocycles. The molecule has 0 aliphatic carbocycles. The molecule has 15 heavy (non-hydrogen) atoms. The molecule has 4 heteroatoms. The van der Waals surface area contributed by atoms with Crippen LogP contribution in [0.1, 0.15) is 20.3 Å². The Morgan fingerprint density at radius 1 is 1.27 bits per heavy atom. The van der Waals surface area contributed by atoms with Crippen LogP contribution in [0, 0.1) is 5.92 Å². The molecule has 1 heterocycles. The molecule has 0 unspecified atom stereocenters. The van der Waals surface area contributed by atoms with Crippen molar-refractivity contribution in [1.29, 1.82) is 0 Å². The zero-order valence-corrected chi connectivity index (χ0v) is 10.8. The summed E-state index contributed by atoms with van der Waals surface area (Å²) in [5.74, 6) is 2.52. The summed E-state index contributed by atoms with van der Waals surface area (Å²) >= 11 is 0. The van der Waals surface area contributed by atoms with Crippen LogP contribution in [0.3, 0.4) is 0 Å². The van der Waals surface area contributed by atoms with Crippen LogP contribution in [0.4, 0.5) is 0 Å². The molecule has 1 aliphatic rings. The van der Waals surface area contributed by atoms with E-state index in [0.717, 1.165) is 50.1 Å². The molecule has 0 aromatic rings. The van der Waals surface area contributed by atoms with E-state index in [2.05, 4.69) is 24.1 Å². The number of nitrogens with one attached hydrogen (secondary N) is 1. The van der Waals surface area contributed by atoms with E-state index in [4.69, 9.17) is 0 Å². The summed E-state index contributed by atoms with van der Waals surface area (Å²) < 4.78 is 11.1. The van der Waals surface area contributed by atoms with Gasteiger partial charge in [0.05, 0.1) is 0 Å². The SMILES string of the molecule is CC(C)CCNCCN1CCS(=O)CC1.